The third-order valence-electron chi connectivity index (χ3n) is 2.80. The van der Waals surface area contributed by atoms with Crippen molar-refractivity contribution in [2.45, 2.75) is 0 Å². The summed E-state index contributed by atoms with van der Waals surface area (Å²) in [6.45, 7) is 0. The van der Waals surface area contributed by atoms with Gasteiger partial charge in [-0.2, -0.15) is 0 Å². The van der Waals surface area contributed by atoms with Gasteiger partial charge in [-0.3, -0.25) is 4.98 Å². The summed E-state index contributed by atoms with van der Waals surface area (Å²) in [7, 11) is 0. The summed E-state index contributed by atoms with van der Waals surface area (Å²) < 4.78 is 5.70. The highest BCUT2D eigenvalue weighted by molar-refractivity contribution is 5.89. The maximum Gasteiger partial charge on any atom is 0.358 e. The van der Waals surface area contributed by atoms with Crippen LogP contribution in [0.4, 0.5) is 0 Å². The number of hydrogen-bond acceptors (Lipinski definition) is 4. The van der Waals surface area contributed by atoms with Gasteiger partial charge in [0.1, 0.15) is 5.75 Å². The zero-order valence-electron chi connectivity index (χ0n) is 10.4. The zero-order chi connectivity index (χ0) is 13.9. The molecule has 3 aromatic rings. The molecule has 0 aliphatic rings. The van der Waals surface area contributed by atoms with Crippen LogP contribution < -0.4 is 4.74 Å². The molecule has 5 nitrogen and oxygen atoms in total. The van der Waals surface area contributed by atoms with Crippen molar-refractivity contribution in [1.82, 2.24) is 9.97 Å². The predicted molar refractivity (Wildman–Crippen MR) is 73.0 cm³/mol. The van der Waals surface area contributed by atoms with Crippen molar-refractivity contribution < 1.29 is 14.6 Å². The van der Waals surface area contributed by atoms with Gasteiger partial charge in [-0.05, 0) is 36.4 Å². The third kappa shape index (κ3) is 2.16. The number of carboxylic acid groups (broad SMARTS) is 1. The molecule has 2 heterocycles. The average Bonchev–Trinajstić information content (AvgIpc) is 2.48. The van der Waals surface area contributed by atoms with Gasteiger partial charge < -0.3 is 9.84 Å². The summed E-state index contributed by atoms with van der Waals surface area (Å²) in [5, 5.41) is 9.92. The lowest BCUT2D eigenvalue weighted by Crippen LogP contribution is -2.02. The van der Waals surface area contributed by atoms with E-state index in [-0.39, 0.29) is 11.4 Å². The smallest absolute Gasteiger partial charge is 0.358 e. The Morgan fingerprint density at radius 3 is 2.55 bits per heavy atom. The summed E-state index contributed by atoms with van der Waals surface area (Å²) in [6.07, 6.45) is 3.11. The fourth-order valence-electron chi connectivity index (χ4n) is 1.92. The molecule has 0 saturated carbocycles. The minimum absolute atomic E-state index is 0.117. The first-order valence-corrected chi connectivity index (χ1v) is 5.95. The van der Waals surface area contributed by atoms with E-state index in [9.17, 15) is 4.79 Å². The lowest BCUT2D eigenvalue weighted by Gasteiger charge is -2.09. The second-order valence-corrected chi connectivity index (χ2v) is 4.08. The fraction of sp³-hybridized carbons (Fsp3) is 0. The van der Waals surface area contributed by atoms with Crippen LogP contribution in [0.1, 0.15) is 10.5 Å². The normalized spacial score (nSPS) is 10.4. The van der Waals surface area contributed by atoms with Crippen molar-refractivity contribution in [3.05, 3.63) is 60.6 Å². The molecule has 0 amide bonds. The van der Waals surface area contributed by atoms with Crippen molar-refractivity contribution >= 4 is 16.9 Å². The molecule has 3 rings (SSSR count). The van der Waals surface area contributed by atoms with Crippen LogP contribution in [0.2, 0.25) is 0 Å². The molecule has 0 bridgehead atoms. The molecule has 0 atom stereocenters. The van der Waals surface area contributed by atoms with E-state index >= 15 is 0 Å². The van der Waals surface area contributed by atoms with Crippen molar-refractivity contribution in [1.29, 1.82) is 0 Å². The summed E-state index contributed by atoms with van der Waals surface area (Å²) in [5.41, 5.74) is 0.666. The van der Waals surface area contributed by atoms with Gasteiger partial charge in [0, 0.05) is 17.8 Å². The van der Waals surface area contributed by atoms with Gasteiger partial charge >= 0.3 is 5.97 Å². The molecule has 20 heavy (non-hydrogen) atoms. The van der Waals surface area contributed by atoms with Gasteiger partial charge in [0.2, 0.25) is 0 Å². The number of aromatic nitrogens is 2. The fourth-order valence-corrected chi connectivity index (χ4v) is 1.92. The molecule has 0 radical (unpaired) electrons. The Morgan fingerprint density at radius 1 is 0.950 bits per heavy atom. The summed E-state index contributed by atoms with van der Waals surface area (Å²) >= 11 is 0. The van der Waals surface area contributed by atoms with E-state index < -0.39 is 5.97 Å². The standard InChI is InChI=1S/C15H10N2O3/c18-15(19)14-13(7-3-9-17-14)20-12-6-1-5-11-10(12)4-2-8-16-11/h1-9H,(H,18,19). The molecule has 1 N–H and O–H groups in total. The van der Waals surface area contributed by atoms with Crippen molar-refractivity contribution in [2.24, 2.45) is 0 Å². The first-order valence-electron chi connectivity index (χ1n) is 5.95. The largest absolute Gasteiger partial charge is 0.476 e. The van der Waals surface area contributed by atoms with E-state index in [1.54, 1.807) is 30.5 Å². The van der Waals surface area contributed by atoms with Crippen LogP contribution in [0, 0.1) is 0 Å². The molecule has 1 aromatic carbocycles. The Morgan fingerprint density at radius 2 is 1.70 bits per heavy atom. The lowest BCUT2D eigenvalue weighted by atomic mass is 10.2. The van der Waals surface area contributed by atoms with Crippen LogP contribution in [-0.4, -0.2) is 21.0 Å². The Labute approximate surface area is 114 Å². The van der Waals surface area contributed by atoms with Gasteiger partial charge in [-0.15, -0.1) is 0 Å². The van der Waals surface area contributed by atoms with Crippen LogP contribution in [0.25, 0.3) is 10.9 Å². The number of fused-ring (bicyclic) bond motifs is 1. The highest BCUT2D eigenvalue weighted by Gasteiger charge is 2.14. The van der Waals surface area contributed by atoms with Crippen molar-refractivity contribution in [3.8, 4) is 11.5 Å². The van der Waals surface area contributed by atoms with Crippen LogP contribution in [0.5, 0.6) is 11.5 Å². The maximum absolute atomic E-state index is 11.1. The van der Waals surface area contributed by atoms with Gasteiger partial charge in [0.15, 0.2) is 11.4 Å². The maximum atomic E-state index is 11.1. The highest BCUT2D eigenvalue weighted by atomic mass is 16.5. The second-order valence-electron chi connectivity index (χ2n) is 4.08. The van der Waals surface area contributed by atoms with Gasteiger partial charge in [-0.25, -0.2) is 9.78 Å². The van der Waals surface area contributed by atoms with E-state index in [0.29, 0.717) is 5.75 Å². The Kier molecular flexibility index (Phi) is 3.01. The number of nitrogens with zero attached hydrogens (tertiary/aromatic N) is 2. The number of carboxylic acids is 1. The number of benzene rings is 1. The molecule has 0 unspecified atom stereocenters. The number of ether oxygens (including phenoxy) is 1. The summed E-state index contributed by atoms with van der Waals surface area (Å²) in [5.74, 6) is -0.374. The summed E-state index contributed by atoms with van der Waals surface area (Å²) in [4.78, 5) is 19.2. The van der Waals surface area contributed by atoms with Crippen LogP contribution in [0.15, 0.2) is 54.9 Å². The molecule has 5 heteroatoms. The lowest BCUT2D eigenvalue weighted by molar-refractivity contribution is 0.0687. The first kappa shape index (κ1) is 12.1. The molecule has 0 fully saturated rings. The summed E-state index contributed by atoms with van der Waals surface area (Å²) in [6, 6.07) is 12.3. The monoisotopic (exact) mass is 266 g/mol. The topological polar surface area (TPSA) is 72.3 Å². The predicted octanol–water partition coefficient (Wildman–Crippen LogP) is 3.12. The molecule has 0 saturated heterocycles. The molecule has 98 valence electrons. The third-order valence-corrected chi connectivity index (χ3v) is 2.80. The number of aromatic carboxylic acids is 1. The van der Waals surface area contributed by atoms with E-state index in [1.165, 1.54) is 6.20 Å². The van der Waals surface area contributed by atoms with Gasteiger partial charge in [-0.1, -0.05) is 6.07 Å². The number of hydrogen-bond donors (Lipinski definition) is 1. The van der Waals surface area contributed by atoms with Gasteiger partial charge in [0.05, 0.1) is 5.52 Å². The molecule has 0 aliphatic heterocycles. The molecular formula is C15H10N2O3. The van der Waals surface area contributed by atoms with Crippen LogP contribution >= 0.6 is 0 Å². The quantitative estimate of drug-likeness (QED) is 0.788. The van der Waals surface area contributed by atoms with Crippen molar-refractivity contribution in [3.63, 3.8) is 0 Å². The first-order chi connectivity index (χ1) is 9.75. The molecular weight excluding hydrogens is 256 g/mol. The average molecular weight is 266 g/mol. The molecule has 0 aliphatic carbocycles. The molecule has 2 aromatic heterocycles. The van der Waals surface area contributed by atoms with Crippen LogP contribution in [0.3, 0.4) is 0 Å². The van der Waals surface area contributed by atoms with E-state index in [1.807, 2.05) is 18.2 Å². The van der Waals surface area contributed by atoms with E-state index in [0.717, 1.165) is 10.9 Å². The van der Waals surface area contributed by atoms with Crippen molar-refractivity contribution in [2.75, 3.05) is 0 Å². The van der Waals surface area contributed by atoms with Crippen LogP contribution in [-0.2, 0) is 0 Å². The minimum atomic E-state index is -1.13. The Balaban J connectivity index is 2.08. The van der Waals surface area contributed by atoms with Gasteiger partial charge in [0.25, 0.3) is 0 Å². The second kappa shape index (κ2) is 4.97. The zero-order valence-corrected chi connectivity index (χ0v) is 10.4. The number of rotatable bonds is 3. The highest BCUT2D eigenvalue weighted by Crippen LogP contribution is 2.29. The van der Waals surface area contributed by atoms with E-state index in [4.69, 9.17) is 9.84 Å². The Bertz CT molecular complexity index is 781. The number of carbonyl (C=O) groups is 1. The number of pyridine rings is 2. The van der Waals surface area contributed by atoms with E-state index in [2.05, 4.69) is 9.97 Å². The SMILES string of the molecule is O=C(O)c1ncccc1Oc1cccc2ncccc12. The minimum Gasteiger partial charge on any atom is -0.476 e. The molecule has 0 spiro atoms. The Hall–Kier alpha value is -2.95.